The predicted octanol–water partition coefficient (Wildman–Crippen LogP) is 1.90. The lowest BCUT2D eigenvalue weighted by molar-refractivity contribution is 0.412. The van der Waals surface area contributed by atoms with Crippen LogP contribution in [0.2, 0.25) is 5.15 Å². The highest BCUT2D eigenvalue weighted by Crippen LogP contribution is 2.23. The van der Waals surface area contributed by atoms with Crippen LogP contribution in [0.3, 0.4) is 0 Å². The molecule has 8 heteroatoms. The molecule has 21 heavy (non-hydrogen) atoms. The molecule has 114 valence electrons. The summed E-state index contributed by atoms with van der Waals surface area (Å²) in [7, 11) is 0.946. The Balaban J connectivity index is 2.26. The molecule has 0 aliphatic heterocycles. The molecule has 1 aromatic heterocycles. The molecule has 1 heterocycles. The molecule has 0 saturated heterocycles. The third-order valence-corrected chi connectivity index (χ3v) is 5.32. The maximum atomic E-state index is 12.5. The number of hydrogen-bond acceptors (Lipinski definition) is 4. The highest BCUT2D eigenvalue weighted by atomic mass is 35.5. The largest absolute Gasteiger partial charge is 0.497 e. The number of sulfonamides is 1. The number of aryl methyl sites for hydroxylation is 1. The van der Waals surface area contributed by atoms with Crippen molar-refractivity contribution in [3.63, 3.8) is 0 Å². The van der Waals surface area contributed by atoms with Crippen molar-refractivity contribution in [3.05, 3.63) is 41.3 Å². The van der Waals surface area contributed by atoms with E-state index in [0.29, 0.717) is 5.75 Å². The van der Waals surface area contributed by atoms with Gasteiger partial charge >= 0.3 is 0 Å². The molecule has 0 atom stereocenters. The lowest BCUT2D eigenvalue weighted by atomic mass is 10.2. The number of imidazole rings is 1. The average Bonchev–Trinajstić information content (AvgIpc) is 2.79. The first-order valence-corrected chi connectivity index (χ1v) is 7.94. The van der Waals surface area contributed by atoms with E-state index in [-0.39, 0.29) is 16.7 Å². The maximum absolute atomic E-state index is 12.5. The van der Waals surface area contributed by atoms with Crippen LogP contribution < -0.4 is 4.74 Å². The van der Waals surface area contributed by atoms with E-state index in [1.165, 1.54) is 22.2 Å². The van der Waals surface area contributed by atoms with Crippen molar-refractivity contribution in [2.75, 3.05) is 14.2 Å². The van der Waals surface area contributed by atoms with E-state index in [2.05, 4.69) is 4.98 Å². The normalized spacial score (nSPS) is 11.9. The Hall–Kier alpha value is -1.57. The fourth-order valence-electron chi connectivity index (χ4n) is 1.83. The van der Waals surface area contributed by atoms with Gasteiger partial charge in [0.25, 0.3) is 10.0 Å². The smallest absolute Gasteiger partial charge is 0.263 e. The first-order chi connectivity index (χ1) is 9.86. The number of hydrogen-bond donors (Lipinski definition) is 0. The van der Waals surface area contributed by atoms with Crippen LogP contribution in [0.15, 0.2) is 35.6 Å². The number of rotatable bonds is 5. The van der Waals surface area contributed by atoms with Crippen LogP contribution in [0, 0.1) is 0 Å². The van der Waals surface area contributed by atoms with E-state index in [4.69, 9.17) is 16.3 Å². The minimum atomic E-state index is -3.74. The SMILES string of the molecule is COc1cccc(CN(C)S(=O)(=O)c2ncn(C)c2Cl)c1. The molecule has 0 N–H and O–H groups in total. The number of benzene rings is 1. The molecule has 0 aliphatic rings. The standard InChI is InChI=1S/C13H16ClN3O3S/c1-16-9-15-13(12(16)14)21(18,19)17(2)8-10-5-4-6-11(7-10)20-3/h4-7,9H,8H2,1-3H3. The summed E-state index contributed by atoms with van der Waals surface area (Å²) in [6.07, 6.45) is 1.37. The van der Waals surface area contributed by atoms with E-state index in [0.717, 1.165) is 5.56 Å². The Kier molecular flexibility index (Phi) is 4.55. The van der Waals surface area contributed by atoms with Gasteiger partial charge in [-0.15, -0.1) is 0 Å². The topological polar surface area (TPSA) is 64.4 Å². The second kappa shape index (κ2) is 6.05. The average molecular weight is 330 g/mol. The Morgan fingerprint density at radius 2 is 2.14 bits per heavy atom. The van der Waals surface area contributed by atoms with Gasteiger partial charge in [-0.05, 0) is 17.7 Å². The lowest BCUT2D eigenvalue weighted by Gasteiger charge is -2.16. The van der Waals surface area contributed by atoms with Gasteiger partial charge in [0.15, 0.2) is 0 Å². The summed E-state index contributed by atoms with van der Waals surface area (Å²) >= 11 is 5.96. The maximum Gasteiger partial charge on any atom is 0.263 e. The first kappa shape index (κ1) is 15.8. The van der Waals surface area contributed by atoms with Crippen molar-refractivity contribution in [2.45, 2.75) is 11.6 Å². The minimum absolute atomic E-state index is 0.0903. The molecule has 0 fully saturated rings. The van der Waals surface area contributed by atoms with E-state index < -0.39 is 10.0 Å². The predicted molar refractivity (Wildman–Crippen MR) is 79.9 cm³/mol. The molecular formula is C13H16ClN3O3S. The quantitative estimate of drug-likeness (QED) is 0.840. The van der Waals surface area contributed by atoms with Gasteiger partial charge in [0.2, 0.25) is 5.03 Å². The summed E-state index contributed by atoms with van der Waals surface area (Å²) in [4.78, 5) is 3.86. The molecule has 1 aromatic carbocycles. The summed E-state index contributed by atoms with van der Waals surface area (Å²) in [5.74, 6) is 0.675. The molecule has 0 bridgehead atoms. The zero-order valence-corrected chi connectivity index (χ0v) is 13.5. The van der Waals surface area contributed by atoms with Crippen molar-refractivity contribution in [1.29, 1.82) is 0 Å². The van der Waals surface area contributed by atoms with Crippen LogP contribution in [0.1, 0.15) is 5.56 Å². The summed E-state index contributed by atoms with van der Waals surface area (Å²) in [5, 5.41) is -0.0513. The van der Waals surface area contributed by atoms with Gasteiger partial charge < -0.3 is 9.30 Å². The molecule has 0 amide bonds. The van der Waals surface area contributed by atoms with E-state index in [1.807, 2.05) is 12.1 Å². The summed E-state index contributed by atoms with van der Waals surface area (Å²) in [5.41, 5.74) is 0.812. The van der Waals surface area contributed by atoms with E-state index in [1.54, 1.807) is 26.3 Å². The third-order valence-electron chi connectivity index (χ3n) is 3.03. The van der Waals surface area contributed by atoms with Gasteiger partial charge in [0.05, 0.1) is 13.4 Å². The zero-order valence-electron chi connectivity index (χ0n) is 11.9. The molecule has 2 aromatic rings. The first-order valence-electron chi connectivity index (χ1n) is 6.12. The number of halogens is 1. The Labute approximate surface area is 129 Å². The molecule has 0 unspecified atom stereocenters. The van der Waals surface area contributed by atoms with Gasteiger partial charge in [0.1, 0.15) is 10.9 Å². The van der Waals surface area contributed by atoms with Crippen LogP contribution in [-0.2, 0) is 23.6 Å². The zero-order chi connectivity index (χ0) is 15.6. The molecule has 0 aliphatic carbocycles. The van der Waals surface area contributed by atoms with Crippen LogP contribution in [0.5, 0.6) is 5.75 Å². The number of nitrogens with zero attached hydrogens (tertiary/aromatic N) is 3. The summed E-state index contributed by atoms with van der Waals surface area (Å²) in [6.45, 7) is 0.201. The molecule has 0 spiro atoms. The Morgan fingerprint density at radius 3 is 2.71 bits per heavy atom. The van der Waals surface area contributed by atoms with Crippen LogP contribution >= 0.6 is 11.6 Å². The van der Waals surface area contributed by atoms with E-state index in [9.17, 15) is 8.42 Å². The van der Waals surface area contributed by atoms with Crippen molar-refractivity contribution in [2.24, 2.45) is 7.05 Å². The second-order valence-electron chi connectivity index (χ2n) is 4.56. The highest BCUT2D eigenvalue weighted by molar-refractivity contribution is 7.89. The minimum Gasteiger partial charge on any atom is -0.497 e. The van der Waals surface area contributed by atoms with Crippen LogP contribution in [0.25, 0.3) is 0 Å². The Morgan fingerprint density at radius 1 is 1.43 bits per heavy atom. The number of aromatic nitrogens is 2. The number of methoxy groups -OCH3 is 1. The van der Waals surface area contributed by atoms with Crippen LogP contribution in [0.4, 0.5) is 0 Å². The van der Waals surface area contributed by atoms with Gasteiger partial charge in [0, 0.05) is 20.6 Å². The fourth-order valence-corrected chi connectivity index (χ4v) is 3.36. The van der Waals surface area contributed by atoms with Crippen molar-refractivity contribution >= 4 is 21.6 Å². The van der Waals surface area contributed by atoms with Crippen molar-refractivity contribution in [1.82, 2.24) is 13.9 Å². The van der Waals surface area contributed by atoms with Gasteiger partial charge in [-0.2, -0.15) is 4.31 Å². The number of ether oxygens (including phenoxy) is 1. The van der Waals surface area contributed by atoms with Gasteiger partial charge in [-0.25, -0.2) is 13.4 Å². The Bertz CT molecular complexity index is 743. The van der Waals surface area contributed by atoms with Crippen molar-refractivity contribution < 1.29 is 13.2 Å². The molecule has 0 radical (unpaired) electrons. The molecule has 0 saturated carbocycles. The van der Waals surface area contributed by atoms with Crippen molar-refractivity contribution in [3.8, 4) is 5.75 Å². The fraction of sp³-hybridized carbons (Fsp3) is 0.308. The lowest BCUT2D eigenvalue weighted by Crippen LogP contribution is -2.27. The second-order valence-corrected chi connectivity index (χ2v) is 6.88. The van der Waals surface area contributed by atoms with E-state index >= 15 is 0 Å². The molecule has 6 nitrogen and oxygen atoms in total. The van der Waals surface area contributed by atoms with Crippen LogP contribution in [-0.4, -0.2) is 36.4 Å². The van der Waals surface area contributed by atoms with Gasteiger partial charge in [-0.3, -0.25) is 0 Å². The monoisotopic (exact) mass is 329 g/mol. The molecule has 2 rings (SSSR count). The summed E-state index contributed by atoms with van der Waals surface area (Å²) < 4.78 is 32.7. The molecular weight excluding hydrogens is 314 g/mol. The highest BCUT2D eigenvalue weighted by Gasteiger charge is 2.27. The third kappa shape index (κ3) is 3.20. The summed E-state index contributed by atoms with van der Waals surface area (Å²) in [6, 6.07) is 7.22. The van der Waals surface area contributed by atoms with Gasteiger partial charge in [-0.1, -0.05) is 23.7 Å².